The van der Waals surface area contributed by atoms with Crippen LogP contribution in [-0.2, 0) is 7.05 Å². The van der Waals surface area contributed by atoms with Crippen molar-refractivity contribution in [2.45, 2.75) is 6.04 Å². The molecule has 2 aromatic rings. The van der Waals surface area contributed by atoms with Gasteiger partial charge < -0.3 is 10.1 Å². The van der Waals surface area contributed by atoms with E-state index < -0.39 is 0 Å². The van der Waals surface area contributed by atoms with Gasteiger partial charge in [-0.2, -0.15) is 5.10 Å². The normalized spacial score (nSPS) is 12.4. The smallest absolute Gasteiger partial charge is 0.161 e. The first-order valence-electron chi connectivity index (χ1n) is 5.66. The van der Waals surface area contributed by atoms with Crippen molar-refractivity contribution in [2.24, 2.45) is 7.05 Å². The summed E-state index contributed by atoms with van der Waals surface area (Å²) in [5.41, 5.74) is 1.87. The summed E-state index contributed by atoms with van der Waals surface area (Å²) >= 11 is 0. The third kappa shape index (κ3) is 2.22. The number of hydrogen-bond acceptors (Lipinski definition) is 3. The van der Waals surface area contributed by atoms with Crippen molar-refractivity contribution in [2.75, 3.05) is 14.2 Å². The second kappa shape index (κ2) is 5.18. The molecule has 5 heteroatoms. The van der Waals surface area contributed by atoms with Crippen LogP contribution in [0.3, 0.4) is 0 Å². The summed E-state index contributed by atoms with van der Waals surface area (Å²) in [5.74, 6) is 0.465. The van der Waals surface area contributed by atoms with Crippen LogP contribution in [0.1, 0.15) is 17.3 Å². The van der Waals surface area contributed by atoms with Gasteiger partial charge in [0.1, 0.15) is 11.5 Å². The summed E-state index contributed by atoms with van der Waals surface area (Å²) in [4.78, 5) is 0. The SMILES string of the molecule is CNC(c1ccc(F)cc1)c1c(OC)cnn1C. The molecule has 0 saturated carbocycles. The first-order chi connectivity index (χ1) is 8.67. The van der Waals surface area contributed by atoms with Gasteiger partial charge in [0.2, 0.25) is 0 Å². The number of hydrogen-bond donors (Lipinski definition) is 1. The monoisotopic (exact) mass is 249 g/mol. The van der Waals surface area contributed by atoms with E-state index in [1.54, 1.807) is 30.1 Å². The molecule has 18 heavy (non-hydrogen) atoms. The third-order valence-electron chi connectivity index (χ3n) is 2.93. The second-order valence-corrected chi connectivity index (χ2v) is 4.00. The van der Waals surface area contributed by atoms with Crippen LogP contribution < -0.4 is 10.1 Å². The molecule has 1 heterocycles. The minimum Gasteiger partial charge on any atom is -0.493 e. The number of nitrogens with one attached hydrogen (secondary N) is 1. The third-order valence-corrected chi connectivity index (χ3v) is 2.93. The van der Waals surface area contributed by atoms with Crippen molar-refractivity contribution in [3.05, 3.63) is 47.5 Å². The predicted octanol–water partition coefficient (Wildman–Crippen LogP) is 1.88. The lowest BCUT2D eigenvalue weighted by Crippen LogP contribution is -2.21. The molecule has 0 spiro atoms. The van der Waals surface area contributed by atoms with Crippen molar-refractivity contribution in [1.82, 2.24) is 15.1 Å². The van der Waals surface area contributed by atoms with E-state index in [0.717, 1.165) is 11.3 Å². The van der Waals surface area contributed by atoms with Crippen molar-refractivity contribution >= 4 is 0 Å². The minimum atomic E-state index is -0.245. The van der Waals surface area contributed by atoms with Gasteiger partial charge >= 0.3 is 0 Å². The van der Waals surface area contributed by atoms with Crippen LogP contribution >= 0.6 is 0 Å². The summed E-state index contributed by atoms with van der Waals surface area (Å²) in [5, 5.41) is 7.37. The fourth-order valence-electron chi connectivity index (χ4n) is 2.03. The fourth-order valence-corrected chi connectivity index (χ4v) is 2.03. The molecule has 0 aliphatic carbocycles. The number of aromatic nitrogens is 2. The number of benzene rings is 1. The molecule has 0 fully saturated rings. The molecule has 96 valence electrons. The quantitative estimate of drug-likeness (QED) is 0.899. The van der Waals surface area contributed by atoms with Crippen LogP contribution in [0, 0.1) is 5.82 Å². The number of nitrogens with zero attached hydrogens (tertiary/aromatic N) is 2. The zero-order valence-corrected chi connectivity index (χ0v) is 10.6. The Bertz CT molecular complexity index is 522. The molecule has 1 N–H and O–H groups in total. The van der Waals surface area contributed by atoms with Gasteiger partial charge in [0.15, 0.2) is 5.75 Å². The Balaban J connectivity index is 2.44. The highest BCUT2D eigenvalue weighted by Crippen LogP contribution is 2.29. The van der Waals surface area contributed by atoms with E-state index in [-0.39, 0.29) is 11.9 Å². The molecule has 1 aromatic carbocycles. The van der Waals surface area contributed by atoms with E-state index >= 15 is 0 Å². The molecule has 0 bridgehead atoms. The van der Waals surface area contributed by atoms with Gasteiger partial charge in [-0.25, -0.2) is 4.39 Å². The van der Waals surface area contributed by atoms with Crippen molar-refractivity contribution in [3.63, 3.8) is 0 Å². The molecular formula is C13H16FN3O. The summed E-state index contributed by atoms with van der Waals surface area (Å²) in [7, 11) is 5.31. The Kier molecular flexibility index (Phi) is 3.62. The predicted molar refractivity (Wildman–Crippen MR) is 67.1 cm³/mol. The maximum atomic E-state index is 13.0. The van der Waals surface area contributed by atoms with Crippen molar-refractivity contribution < 1.29 is 9.13 Å². The average molecular weight is 249 g/mol. The maximum absolute atomic E-state index is 13.0. The second-order valence-electron chi connectivity index (χ2n) is 4.00. The Labute approximate surface area is 105 Å². The van der Waals surface area contributed by atoms with Crippen molar-refractivity contribution in [1.29, 1.82) is 0 Å². The molecule has 1 atom stereocenters. The van der Waals surface area contributed by atoms with Gasteiger partial charge in [0.05, 0.1) is 19.3 Å². The minimum absolute atomic E-state index is 0.0898. The Morgan fingerprint density at radius 2 is 2.00 bits per heavy atom. The van der Waals surface area contributed by atoms with Gasteiger partial charge in [0, 0.05) is 7.05 Å². The summed E-state index contributed by atoms with van der Waals surface area (Å²) in [6.45, 7) is 0. The van der Waals surface area contributed by atoms with E-state index in [1.807, 2.05) is 14.1 Å². The fraction of sp³-hybridized carbons (Fsp3) is 0.308. The van der Waals surface area contributed by atoms with Crippen LogP contribution in [0.15, 0.2) is 30.5 Å². The lowest BCUT2D eigenvalue weighted by Gasteiger charge is -2.18. The number of halogens is 1. The highest BCUT2D eigenvalue weighted by molar-refractivity contribution is 5.36. The van der Waals surface area contributed by atoms with Crippen LogP contribution in [-0.4, -0.2) is 23.9 Å². The molecular weight excluding hydrogens is 233 g/mol. The van der Waals surface area contributed by atoms with E-state index in [9.17, 15) is 4.39 Å². The highest BCUT2D eigenvalue weighted by atomic mass is 19.1. The molecule has 0 aliphatic rings. The Morgan fingerprint density at radius 3 is 2.56 bits per heavy atom. The van der Waals surface area contributed by atoms with Gasteiger partial charge in [-0.05, 0) is 24.7 Å². The zero-order chi connectivity index (χ0) is 13.1. The standard InChI is InChI=1S/C13H16FN3O/c1-15-12(9-4-6-10(14)7-5-9)13-11(18-3)8-16-17(13)2/h4-8,12,15H,1-3H3. The number of aryl methyl sites for hydroxylation is 1. The molecule has 1 unspecified atom stereocenters. The number of ether oxygens (including phenoxy) is 1. The Hall–Kier alpha value is -1.88. The first-order valence-corrected chi connectivity index (χ1v) is 5.66. The molecule has 0 aliphatic heterocycles. The average Bonchev–Trinajstić information content (AvgIpc) is 2.74. The molecule has 0 saturated heterocycles. The summed E-state index contributed by atoms with van der Waals surface area (Å²) < 4.78 is 20.0. The highest BCUT2D eigenvalue weighted by Gasteiger charge is 2.20. The van der Waals surface area contributed by atoms with Crippen LogP contribution in [0.5, 0.6) is 5.75 Å². The molecule has 1 aromatic heterocycles. The molecule has 0 amide bonds. The van der Waals surface area contributed by atoms with Crippen LogP contribution in [0.25, 0.3) is 0 Å². The van der Waals surface area contributed by atoms with E-state index in [1.165, 1.54) is 12.1 Å². The number of rotatable bonds is 4. The molecule has 0 radical (unpaired) electrons. The van der Waals surface area contributed by atoms with E-state index in [4.69, 9.17) is 4.74 Å². The van der Waals surface area contributed by atoms with Crippen molar-refractivity contribution in [3.8, 4) is 5.75 Å². The maximum Gasteiger partial charge on any atom is 0.161 e. The van der Waals surface area contributed by atoms with E-state index in [0.29, 0.717) is 5.75 Å². The first kappa shape index (κ1) is 12.6. The number of methoxy groups -OCH3 is 1. The van der Waals surface area contributed by atoms with Crippen LogP contribution in [0.4, 0.5) is 4.39 Å². The molecule has 4 nitrogen and oxygen atoms in total. The topological polar surface area (TPSA) is 39.1 Å². The molecule has 2 rings (SSSR count). The van der Waals surface area contributed by atoms with Gasteiger partial charge in [-0.3, -0.25) is 4.68 Å². The largest absolute Gasteiger partial charge is 0.493 e. The van der Waals surface area contributed by atoms with Gasteiger partial charge in [0.25, 0.3) is 0 Å². The van der Waals surface area contributed by atoms with Gasteiger partial charge in [-0.15, -0.1) is 0 Å². The van der Waals surface area contributed by atoms with Crippen LogP contribution in [0.2, 0.25) is 0 Å². The lowest BCUT2D eigenvalue weighted by atomic mass is 10.0. The summed E-state index contributed by atoms with van der Waals surface area (Å²) in [6.07, 6.45) is 1.67. The Morgan fingerprint density at radius 1 is 1.33 bits per heavy atom. The van der Waals surface area contributed by atoms with E-state index in [2.05, 4.69) is 10.4 Å². The van der Waals surface area contributed by atoms with Gasteiger partial charge in [-0.1, -0.05) is 12.1 Å². The lowest BCUT2D eigenvalue weighted by molar-refractivity contribution is 0.402. The zero-order valence-electron chi connectivity index (χ0n) is 10.6. The summed E-state index contributed by atoms with van der Waals surface area (Å²) in [6, 6.07) is 6.31.